The standard InChI is InChI=1S/C12H13N3O2/c1-15-10(16)12(14-11(15)13)6-7-17-9-5-3-2-4-8(9)12/h2-5H,6-7H2,1H3,(H2,13,14). The summed E-state index contributed by atoms with van der Waals surface area (Å²) in [5, 5.41) is 0. The lowest BCUT2D eigenvalue weighted by atomic mass is 9.85. The SMILES string of the molecule is CN1C(=O)C2(CCOc3ccccc32)N=C1N. The van der Waals surface area contributed by atoms with Crippen molar-refractivity contribution >= 4 is 11.9 Å². The molecule has 0 aliphatic carbocycles. The molecular weight excluding hydrogens is 218 g/mol. The van der Waals surface area contributed by atoms with E-state index in [0.29, 0.717) is 13.0 Å². The Morgan fingerprint density at radius 3 is 2.94 bits per heavy atom. The molecule has 1 amide bonds. The number of rotatable bonds is 0. The molecule has 0 bridgehead atoms. The first kappa shape index (κ1) is 10.1. The van der Waals surface area contributed by atoms with Crippen LogP contribution >= 0.6 is 0 Å². The van der Waals surface area contributed by atoms with E-state index >= 15 is 0 Å². The normalized spacial score (nSPS) is 26.8. The number of ether oxygens (including phenoxy) is 1. The van der Waals surface area contributed by atoms with E-state index < -0.39 is 5.54 Å². The van der Waals surface area contributed by atoms with Crippen LogP contribution in [0.3, 0.4) is 0 Å². The molecule has 1 aromatic rings. The molecule has 2 aliphatic heterocycles. The molecule has 0 saturated heterocycles. The van der Waals surface area contributed by atoms with Gasteiger partial charge in [-0.1, -0.05) is 18.2 Å². The van der Waals surface area contributed by atoms with Crippen LogP contribution in [0.2, 0.25) is 0 Å². The van der Waals surface area contributed by atoms with Gasteiger partial charge in [-0.3, -0.25) is 9.69 Å². The molecule has 3 rings (SSSR count). The molecule has 0 aromatic heterocycles. The lowest BCUT2D eigenvalue weighted by molar-refractivity contribution is -0.131. The number of nitrogens with two attached hydrogens (primary N) is 1. The minimum absolute atomic E-state index is 0.0780. The number of guanidine groups is 1. The highest BCUT2D eigenvalue weighted by Crippen LogP contribution is 2.43. The summed E-state index contributed by atoms with van der Waals surface area (Å²) in [6.07, 6.45) is 0.536. The van der Waals surface area contributed by atoms with Crippen LogP contribution in [-0.4, -0.2) is 30.4 Å². The summed E-state index contributed by atoms with van der Waals surface area (Å²) >= 11 is 0. The summed E-state index contributed by atoms with van der Waals surface area (Å²) < 4.78 is 5.55. The van der Waals surface area contributed by atoms with Crippen molar-refractivity contribution in [1.29, 1.82) is 0 Å². The van der Waals surface area contributed by atoms with Crippen molar-refractivity contribution in [3.05, 3.63) is 29.8 Å². The maximum absolute atomic E-state index is 12.3. The maximum atomic E-state index is 12.3. The molecule has 5 nitrogen and oxygen atoms in total. The van der Waals surface area contributed by atoms with Crippen molar-refractivity contribution in [2.45, 2.75) is 12.0 Å². The van der Waals surface area contributed by atoms with Crippen LogP contribution < -0.4 is 10.5 Å². The van der Waals surface area contributed by atoms with Crippen LogP contribution in [0.5, 0.6) is 5.75 Å². The van der Waals surface area contributed by atoms with Crippen molar-refractivity contribution in [3.63, 3.8) is 0 Å². The number of fused-ring (bicyclic) bond motifs is 2. The van der Waals surface area contributed by atoms with Crippen molar-refractivity contribution < 1.29 is 9.53 Å². The third-order valence-corrected chi connectivity index (χ3v) is 3.36. The van der Waals surface area contributed by atoms with Crippen LogP contribution in [0.4, 0.5) is 0 Å². The van der Waals surface area contributed by atoms with E-state index in [-0.39, 0.29) is 11.9 Å². The van der Waals surface area contributed by atoms with E-state index in [9.17, 15) is 4.79 Å². The summed E-state index contributed by atoms with van der Waals surface area (Å²) in [6.45, 7) is 0.480. The van der Waals surface area contributed by atoms with Gasteiger partial charge in [-0.15, -0.1) is 0 Å². The van der Waals surface area contributed by atoms with Gasteiger partial charge in [-0.05, 0) is 6.07 Å². The van der Waals surface area contributed by atoms with Crippen LogP contribution in [0.25, 0.3) is 0 Å². The lowest BCUT2D eigenvalue weighted by Gasteiger charge is -2.31. The van der Waals surface area contributed by atoms with Gasteiger partial charge in [0, 0.05) is 19.0 Å². The van der Waals surface area contributed by atoms with E-state index in [1.54, 1.807) is 7.05 Å². The second-order valence-electron chi connectivity index (χ2n) is 4.29. The molecule has 1 atom stereocenters. The fourth-order valence-electron chi connectivity index (χ4n) is 2.42. The van der Waals surface area contributed by atoms with Crippen molar-refractivity contribution in [2.75, 3.05) is 13.7 Å². The second kappa shape index (κ2) is 3.23. The summed E-state index contributed by atoms with van der Waals surface area (Å²) in [5.41, 5.74) is 5.69. The van der Waals surface area contributed by atoms with Gasteiger partial charge in [-0.2, -0.15) is 0 Å². The van der Waals surface area contributed by atoms with Crippen LogP contribution in [0, 0.1) is 0 Å². The molecule has 2 heterocycles. The molecule has 5 heteroatoms. The van der Waals surface area contributed by atoms with Crippen molar-refractivity contribution in [1.82, 2.24) is 4.90 Å². The molecule has 0 saturated carbocycles. The number of hydrogen-bond acceptors (Lipinski definition) is 4. The largest absolute Gasteiger partial charge is 0.493 e. The third-order valence-electron chi connectivity index (χ3n) is 3.36. The summed E-state index contributed by atoms with van der Waals surface area (Å²) in [5.74, 6) is 0.913. The summed E-state index contributed by atoms with van der Waals surface area (Å²) in [4.78, 5) is 18.1. The second-order valence-corrected chi connectivity index (χ2v) is 4.29. The van der Waals surface area contributed by atoms with E-state index in [1.807, 2.05) is 24.3 Å². The molecule has 17 heavy (non-hydrogen) atoms. The van der Waals surface area contributed by atoms with E-state index in [1.165, 1.54) is 4.90 Å². The zero-order valence-electron chi connectivity index (χ0n) is 9.51. The summed E-state index contributed by atoms with van der Waals surface area (Å²) in [7, 11) is 1.65. The Bertz CT molecular complexity index is 526. The highest BCUT2D eigenvalue weighted by Gasteiger charge is 2.50. The zero-order valence-corrected chi connectivity index (χ0v) is 9.51. The van der Waals surface area contributed by atoms with Gasteiger partial charge in [0.05, 0.1) is 6.61 Å². The van der Waals surface area contributed by atoms with Crippen molar-refractivity contribution in [3.8, 4) is 5.75 Å². The number of aliphatic imine (C=N–C) groups is 1. The third kappa shape index (κ3) is 1.19. The fourth-order valence-corrected chi connectivity index (χ4v) is 2.42. The number of likely N-dealkylation sites (N-methyl/N-ethyl adjacent to an activating group) is 1. The Labute approximate surface area is 98.9 Å². The van der Waals surface area contributed by atoms with Gasteiger partial charge in [0.25, 0.3) is 5.91 Å². The minimum Gasteiger partial charge on any atom is -0.493 e. The molecule has 2 N–H and O–H groups in total. The molecule has 1 aromatic carbocycles. The molecule has 1 spiro atoms. The Morgan fingerprint density at radius 2 is 2.24 bits per heavy atom. The van der Waals surface area contributed by atoms with Gasteiger partial charge in [0.1, 0.15) is 5.75 Å². The van der Waals surface area contributed by atoms with Crippen LogP contribution in [0.1, 0.15) is 12.0 Å². The predicted molar refractivity (Wildman–Crippen MR) is 62.6 cm³/mol. The van der Waals surface area contributed by atoms with Gasteiger partial charge in [-0.25, -0.2) is 4.99 Å². The Morgan fingerprint density at radius 1 is 1.47 bits per heavy atom. The molecule has 88 valence electrons. The quantitative estimate of drug-likeness (QED) is 0.705. The highest BCUT2D eigenvalue weighted by molar-refractivity contribution is 6.07. The molecular formula is C12H13N3O2. The van der Waals surface area contributed by atoms with E-state index in [0.717, 1.165) is 11.3 Å². The number of hydrogen-bond donors (Lipinski definition) is 1. The average molecular weight is 231 g/mol. The Hall–Kier alpha value is -2.04. The minimum atomic E-state index is -0.867. The van der Waals surface area contributed by atoms with Gasteiger partial charge < -0.3 is 10.5 Å². The molecule has 0 fully saturated rings. The first-order valence-corrected chi connectivity index (χ1v) is 5.51. The average Bonchev–Trinajstić information content (AvgIpc) is 2.56. The van der Waals surface area contributed by atoms with Gasteiger partial charge in [0.2, 0.25) is 0 Å². The first-order valence-electron chi connectivity index (χ1n) is 5.51. The maximum Gasteiger partial charge on any atom is 0.261 e. The Kier molecular flexibility index (Phi) is 1.92. The first-order chi connectivity index (χ1) is 8.15. The molecule has 0 radical (unpaired) electrons. The van der Waals surface area contributed by atoms with Crippen molar-refractivity contribution in [2.24, 2.45) is 10.7 Å². The van der Waals surface area contributed by atoms with E-state index in [4.69, 9.17) is 10.5 Å². The monoisotopic (exact) mass is 231 g/mol. The fraction of sp³-hybridized carbons (Fsp3) is 0.333. The van der Waals surface area contributed by atoms with Crippen LogP contribution in [-0.2, 0) is 10.3 Å². The molecule has 2 aliphatic rings. The highest BCUT2D eigenvalue weighted by atomic mass is 16.5. The predicted octanol–water partition coefficient (Wildman–Crippen LogP) is 0.451. The zero-order chi connectivity index (χ0) is 12.0. The Balaban J connectivity index is 2.21. The number of nitrogens with zero attached hydrogens (tertiary/aromatic N) is 2. The van der Waals surface area contributed by atoms with E-state index in [2.05, 4.69) is 4.99 Å². The number of carbonyl (C=O) groups excluding carboxylic acids is 1. The number of para-hydroxylation sites is 1. The lowest BCUT2D eigenvalue weighted by Crippen LogP contribution is -2.42. The summed E-state index contributed by atoms with van der Waals surface area (Å²) in [6, 6.07) is 7.50. The van der Waals surface area contributed by atoms with Gasteiger partial charge >= 0.3 is 0 Å². The topological polar surface area (TPSA) is 67.9 Å². The molecule has 1 unspecified atom stereocenters. The smallest absolute Gasteiger partial charge is 0.261 e. The number of carbonyl (C=O) groups is 1. The number of amides is 1. The number of benzene rings is 1. The van der Waals surface area contributed by atoms with Crippen LogP contribution in [0.15, 0.2) is 29.3 Å². The van der Waals surface area contributed by atoms with Gasteiger partial charge in [0.15, 0.2) is 11.5 Å².